The number of benzene rings is 4. The van der Waals surface area contributed by atoms with E-state index >= 15 is 0 Å². The molecular weight excluding hydrogens is 479 g/mol. The molecule has 0 heterocycles. The van der Waals surface area contributed by atoms with E-state index in [0.29, 0.717) is 16.6 Å². The molecule has 0 saturated carbocycles. The molecule has 1 unspecified atom stereocenters. The van der Waals surface area contributed by atoms with E-state index in [1.807, 2.05) is 12.1 Å². The number of rotatable bonds is 8. The first-order valence-electron chi connectivity index (χ1n) is 11.4. The van der Waals surface area contributed by atoms with Crippen LogP contribution in [0.25, 0.3) is 10.8 Å². The van der Waals surface area contributed by atoms with Crippen molar-refractivity contribution >= 4 is 38.3 Å². The molecule has 184 valence electrons. The third kappa shape index (κ3) is 5.60. The van der Waals surface area contributed by atoms with Crippen LogP contribution < -0.4 is 9.62 Å². The minimum absolute atomic E-state index is 0.0852. The zero-order chi connectivity index (χ0) is 25.7. The van der Waals surface area contributed by atoms with Gasteiger partial charge in [0.05, 0.1) is 4.90 Å². The molecule has 0 spiro atoms. The second-order valence-corrected chi connectivity index (χ2v) is 9.96. The molecule has 0 aromatic heterocycles. The maximum Gasteiger partial charge on any atom is 0.264 e. The van der Waals surface area contributed by atoms with Crippen LogP contribution in [0, 0.1) is 11.7 Å². The molecule has 36 heavy (non-hydrogen) atoms. The summed E-state index contributed by atoms with van der Waals surface area (Å²) in [5, 5.41) is 1.56. The third-order valence-electron chi connectivity index (χ3n) is 5.88. The monoisotopic (exact) mass is 504 g/mol. The van der Waals surface area contributed by atoms with E-state index in [1.54, 1.807) is 55.5 Å². The van der Waals surface area contributed by atoms with Crippen molar-refractivity contribution in [2.24, 2.45) is 5.92 Å². The Hall–Kier alpha value is -4.04. The van der Waals surface area contributed by atoms with Crippen molar-refractivity contribution in [3.63, 3.8) is 0 Å². The molecule has 1 atom stereocenters. The second kappa shape index (κ2) is 10.7. The van der Waals surface area contributed by atoms with Gasteiger partial charge in [0.25, 0.3) is 10.0 Å². The lowest BCUT2D eigenvalue weighted by atomic mass is 9.97. The maximum absolute atomic E-state index is 13.6. The molecule has 0 saturated heterocycles. The van der Waals surface area contributed by atoms with Gasteiger partial charge in [0.1, 0.15) is 11.7 Å². The van der Waals surface area contributed by atoms with E-state index in [-0.39, 0.29) is 17.9 Å². The molecule has 2 amide bonds. The van der Waals surface area contributed by atoms with E-state index in [0.717, 1.165) is 5.39 Å². The van der Waals surface area contributed by atoms with Gasteiger partial charge in [0.2, 0.25) is 11.8 Å². The molecule has 0 radical (unpaired) electrons. The highest BCUT2D eigenvalue weighted by Gasteiger charge is 2.34. The molecule has 8 heteroatoms. The largest absolute Gasteiger partial charge is 0.312 e. The van der Waals surface area contributed by atoms with Crippen molar-refractivity contribution in [2.45, 2.75) is 18.2 Å². The molecule has 4 aromatic rings. The van der Waals surface area contributed by atoms with E-state index in [1.165, 1.54) is 41.3 Å². The molecular formula is C28H25FN2O4S. The van der Waals surface area contributed by atoms with Crippen molar-refractivity contribution in [3.05, 3.63) is 108 Å². The number of hydrogen-bond donors (Lipinski definition) is 1. The summed E-state index contributed by atoms with van der Waals surface area (Å²) in [6.07, 6.45) is -0.0957. The predicted octanol–water partition coefficient (Wildman–Crippen LogP) is 4.70. The molecule has 1 N–H and O–H groups in total. The number of carbonyl (C=O) groups excluding carboxylic acids is 2. The summed E-state index contributed by atoms with van der Waals surface area (Å²) < 4.78 is 41.8. The number of carbonyl (C=O) groups is 2. The van der Waals surface area contributed by atoms with Gasteiger partial charge in [-0.2, -0.15) is 0 Å². The Balaban J connectivity index is 1.66. The Morgan fingerprint density at radius 3 is 2.17 bits per heavy atom. The third-order valence-corrected chi connectivity index (χ3v) is 7.23. The average Bonchev–Trinajstić information content (AvgIpc) is 2.88. The Morgan fingerprint density at radius 2 is 1.50 bits per heavy atom. The number of para-hydroxylation sites is 1. The van der Waals surface area contributed by atoms with Gasteiger partial charge >= 0.3 is 0 Å². The van der Waals surface area contributed by atoms with Crippen LogP contribution in [0.4, 0.5) is 10.1 Å². The van der Waals surface area contributed by atoms with Gasteiger partial charge in [-0.25, -0.2) is 17.5 Å². The lowest BCUT2D eigenvalue weighted by Crippen LogP contribution is -2.46. The summed E-state index contributed by atoms with van der Waals surface area (Å²) in [4.78, 5) is 28.3. The Labute approximate surface area is 209 Å². The summed E-state index contributed by atoms with van der Waals surface area (Å²) in [5.41, 5.74) is 1.11. The molecule has 0 aliphatic heterocycles. The maximum atomic E-state index is 13.6. The van der Waals surface area contributed by atoms with Gasteiger partial charge in [-0.3, -0.25) is 9.59 Å². The fourth-order valence-electron chi connectivity index (χ4n) is 4.01. The van der Waals surface area contributed by atoms with Crippen LogP contribution in [0.1, 0.15) is 12.5 Å². The van der Waals surface area contributed by atoms with Crippen LogP contribution >= 0.6 is 0 Å². The lowest BCUT2D eigenvalue weighted by molar-refractivity contribution is -0.132. The molecule has 0 aliphatic carbocycles. The van der Waals surface area contributed by atoms with Crippen molar-refractivity contribution in [1.29, 1.82) is 0 Å². The Kier molecular flexibility index (Phi) is 7.45. The highest BCUT2D eigenvalue weighted by molar-refractivity contribution is 7.90. The molecule has 0 aliphatic rings. The van der Waals surface area contributed by atoms with Gasteiger partial charge in [-0.15, -0.1) is 0 Å². The summed E-state index contributed by atoms with van der Waals surface area (Å²) in [5.74, 6) is -3.32. The molecule has 4 aromatic carbocycles. The number of amides is 2. The SMILES string of the molecule is CCN(C(=O)C(Cc1ccc(F)cc1)C(=O)NS(=O)(=O)c1ccc2ccccc2c1)c1ccccc1. The van der Waals surface area contributed by atoms with E-state index in [2.05, 4.69) is 4.72 Å². The number of halogens is 1. The Bertz CT molecular complexity index is 1490. The van der Waals surface area contributed by atoms with Gasteiger partial charge in [-0.1, -0.05) is 60.7 Å². The van der Waals surface area contributed by atoms with Crippen molar-refractivity contribution < 1.29 is 22.4 Å². The summed E-state index contributed by atoms with van der Waals surface area (Å²) >= 11 is 0. The molecule has 0 fully saturated rings. The first-order chi connectivity index (χ1) is 17.3. The number of sulfonamides is 1. The quantitative estimate of drug-likeness (QED) is 0.353. The molecule has 6 nitrogen and oxygen atoms in total. The zero-order valence-corrected chi connectivity index (χ0v) is 20.4. The number of nitrogens with zero attached hydrogens (tertiary/aromatic N) is 1. The van der Waals surface area contributed by atoms with Crippen molar-refractivity contribution in [2.75, 3.05) is 11.4 Å². The first kappa shape index (κ1) is 25.1. The van der Waals surface area contributed by atoms with E-state index in [9.17, 15) is 22.4 Å². The van der Waals surface area contributed by atoms with Crippen LogP contribution in [0.5, 0.6) is 0 Å². The number of hydrogen-bond acceptors (Lipinski definition) is 4. The van der Waals surface area contributed by atoms with Crippen molar-refractivity contribution in [1.82, 2.24) is 4.72 Å². The fraction of sp³-hybridized carbons (Fsp3) is 0.143. The predicted molar refractivity (Wildman–Crippen MR) is 137 cm³/mol. The molecule has 4 rings (SSSR count). The number of nitrogens with one attached hydrogen (secondary N) is 1. The van der Waals surface area contributed by atoms with Crippen LogP contribution in [0.3, 0.4) is 0 Å². The van der Waals surface area contributed by atoms with E-state index < -0.39 is 33.6 Å². The van der Waals surface area contributed by atoms with Crippen LogP contribution in [0.2, 0.25) is 0 Å². The summed E-state index contributed by atoms with van der Waals surface area (Å²) in [7, 11) is -4.26. The normalized spacial score (nSPS) is 12.2. The van der Waals surface area contributed by atoms with Crippen molar-refractivity contribution in [3.8, 4) is 0 Å². The smallest absolute Gasteiger partial charge is 0.264 e. The Morgan fingerprint density at radius 1 is 0.861 bits per heavy atom. The van der Waals surface area contributed by atoms with Crippen LogP contribution in [0.15, 0.2) is 102 Å². The highest BCUT2D eigenvalue weighted by Crippen LogP contribution is 2.22. The van der Waals surface area contributed by atoms with Crippen LogP contribution in [-0.2, 0) is 26.0 Å². The molecule has 0 bridgehead atoms. The van der Waals surface area contributed by atoms with Gasteiger partial charge in [0, 0.05) is 12.2 Å². The average molecular weight is 505 g/mol. The minimum atomic E-state index is -4.26. The highest BCUT2D eigenvalue weighted by atomic mass is 32.2. The standard InChI is InChI=1S/C28H25FN2O4S/c1-2-31(24-10-4-3-5-11-24)28(33)26(18-20-12-15-23(29)16-13-20)27(32)30-36(34,35)25-17-14-21-8-6-7-9-22(21)19-25/h3-17,19,26H,2,18H2,1H3,(H,30,32). The lowest BCUT2D eigenvalue weighted by Gasteiger charge is -2.26. The first-order valence-corrected chi connectivity index (χ1v) is 12.9. The zero-order valence-electron chi connectivity index (χ0n) is 19.6. The van der Waals surface area contributed by atoms with Gasteiger partial charge in [0.15, 0.2) is 0 Å². The number of anilines is 1. The van der Waals surface area contributed by atoms with E-state index in [4.69, 9.17) is 0 Å². The minimum Gasteiger partial charge on any atom is -0.312 e. The summed E-state index contributed by atoms with van der Waals surface area (Å²) in [6.45, 7) is 2.04. The number of fused-ring (bicyclic) bond motifs is 1. The van der Waals surface area contributed by atoms with Gasteiger partial charge < -0.3 is 4.90 Å². The van der Waals surface area contributed by atoms with Crippen LogP contribution in [-0.4, -0.2) is 26.8 Å². The van der Waals surface area contributed by atoms with Gasteiger partial charge in [-0.05, 0) is 66.1 Å². The second-order valence-electron chi connectivity index (χ2n) is 8.28. The summed E-state index contributed by atoms with van der Waals surface area (Å²) in [6, 6.07) is 26.0. The fourth-order valence-corrected chi connectivity index (χ4v) is 5.06. The topological polar surface area (TPSA) is 83.6 Å².